The molecule has 0 fully saturated rings. The van der Waals surface area contributed by atoms with Crippen LogP contribution in [0.1, 0.15) is 46.5 Å². The molecule has 6 heteroatoms. The summed E-state index contributed by atoms with van der Waals surface area (Å²) in [5.41, 5.74) is 0.486. The van der Waals surface area contributed by atoms with Crippen molar-refractivity contribution < 1.29 is 14.6 Å². The molecule has 21 heavy (non-hydrogen) atoms. The van der Waals surface area contributed by atoms with Gasteiger partial charge in [0.25, 0.3) is 0 Å². The number of carbonyl (C=O) groups excluding carboxylic acids is 1. The third kappa shape index (κ3) is 12.4. The molecule has 120 valence electrons. The van der Waals surface area contributed by atoms with Crippen molar-refractivity contribution in [3.63, 3.8) is 0 Å². The van der Waals surface area contributed by atoms with E-state index in [4.69, 9.17) is 12.6 Å². The lowest BCUT2D eigenvalue weighted by atomic mass is 10.0. The number of esters is 1. The Balaban J connectivity index is 3.62. The van der Waals surface area contributed by atoms with Gasteiger partial charge in [-0.15, -0.1) is 0 Å². The highest BCUT2D eigenvalue weighted by Gasteiger charge is 2.09. The largest absolute Gasteiger partial charge is 0.463 e. The maximum Gasteiger partial charge on any atom is 0.307 e. The molecule has 0 rings (SSSR count). The van der Waals surface area contributed by atoms with Crippen molar-refractivity contribution in [3.8, 4) is 0 Å². The highest BCUT2D eigenvalue weighted by molar-refractivity contribution is 6.20. The summed E-state index contributed by atoms with van der Waals surface area (Å²) in [6.07, 6.45) is 2.29. The molecule has 3 atom stereocenters. The van der Waals surface area contributed by atoms with Crippen molar-refractivity contribution in [2.75, 3.05) is 13.2 Å². The Morgan fingerprint density at radius 2 is 1.95 bits per heavy atom. The van der Waals surface area contributed by atoms with Crippen molar-refractivity contribution >= 4 is 13.8 Å². The molecule has 0 aliphatic heterocycles. The molecule has 0 saturated heterocycles. The van der Waals surface area contributed by atoms with Gasteiger partial charge in [0.2, 0.25) is 0 Å². The number of aliphatic hydroxyl groups excluding tert-OH is 1. The number of nitrogens with one attached hydrogen (secondary N) is 2. The summed E-state index contributed by atoms with van der Waals surface area (Å²) in [6, 6.07) is 0.599. The van der Waals surface area contributed by atoms with Crippen LogP contribution in [0.15, 0.2) is 12.2 Å². The third-order valence-electron chi connectivity index (χ3n) is 3.19. The Morgan fingerprint density at radius 3 is 2.52 bits per heavy atom. The molecule has 0 aromatic heterocycles. The fourth-order valence-electron chi connectivity index (χ4n) is 1.79. The Bertz CT molecular complexity index is 313. The van der Waals surface area contributed by atoms with Crippen LogP contribution >= 0.6 is 0 Å². The number of aliphatic hydroxyl groups is 1. The van der Waals surface area contributed by atoms with Crippen LogP contribution in [0.25, 0.3) is 0 Å². The minimum absolute atomic E-state index is 0.0804. The maximum atomic E-state index is 11.4. The summed E-state index contributed by atoms with van der Waals surface area (Å²) >= 11 is 0. The lowest BCUT2D eigenvalue weighted by Gasteiger charge is -2.19. The van der Waals surface area contributed by atoms with E-state index in [1.165, 1.54) is 0 Å². The van der Waals surface area contributed by atoms with Gasteiger partial charge in [-0.1, -0.05) is 13.5 Å². The first kappa shape index (κ1) is 20.0. The van der Waals surface area contributed by atoms with E-state index >= 15 is 0 Å². The second kappa shape index (κ2) is 11.6. The molecule has 0 aliphatic rings. The van der Waals surface area contributed by atoms with E-state index < -0.39 is 6.10 Å². The number of hydrogen-bond acceptors (Lipinski definition) is 5. The minimum atomic E-state index is -0.563. The van der Waals surface area contributed by atoms with Crippen LogP contribution in [0.5, 0.6) is 0 Å². The van der Waals surface area contributed by atoms with E-state index in [1.807, 2.05) is 6.92 Å². The predicted molar refractivity (Wildman–Crippen MR) is 86.1 cm³/mol. The van der Waals surface area contributed by atoms with Crippen LogP contribution in [-0.2, 0) is 9.53 Å². The second-order valence-corrected chi connectivity index (χ2v) is 5.50. The molecular weight excluding hydrogens is 267 g/mol. The van der Waals surface area contributed by atoms with Crippen LogP contribution in [0.3, 0.4) is 0 Å². The average molecular weight is 296 g/mol. The van der Waals surface area contributed by atoms with Gasteiger partial charge < -0.3 is 20.5 Å². The minimum Gasteiger partial charge on any atom is -0.463 e. The van der Waals surface area contributed by atoms with Gasteiger partial charge in [0.1, 0.15) is 14.5 Å². The van der Waals surface area contributed by atoms with Gasteiger partial charge in [-0.2, -0.15) is 0 Å². The molecular formula is C15H29BN2O3. The van der Waals surface area contributed by atoms with E-state index in [1.54, 1.807) is 0 Å². The van der Waals surface area contributed by atoms with E-state index in [9.17, 15) is 9.90 Å². The Labute approximate surface area is 129 Å². The monoisotopic (exact) mass is 296 g/mol. The lowest BCUT2D eigenvalue weighted by molar-refractivity contribution is -0.146. The smallest absolute Gasteiger partial charge is 0.307 e. The summed E-state index contributed by atoms with van der Waals surface area (Å²) in [5.74, 6) is -0.281. The summed E-state index contributed by atoms with van der Waals surface area (Å²) in [4.78, 5) is 11.4. The molecule has 3 unspecified atom stereocenters. The quantitative estimate of drug-likeness (QED) is 0.371. The summed E-state index contributed by atoms with van der Waals surface area (Å²) in [7, 11) is 5.48. The van der Waals surface area contributed by atoms with Crippen molar-refractivity contribution in [1.82, 2.24) is 10.6 Å². The molecule has 0 amide bonds. The molecule has 5 nitrogen and oxygen atoms in total. The van der Waals surface area contributed by atoms with Gasteiger partial charge in [-0.3, -0.25) is 4.79 Å². The molecule has 0 aromatic carbocycles. The number of ether oxygens (including phenoxy) is 1. The Hall–Kier alpha value is -1.01. The summed E-state index contributed by atoms with van der Waals surface area (Å²) in [5, 5.41) is 15.6. The first-order valence-electron chi connectivity index (χ1n) is 7.63. The molecule has 3 N–H and O–H groups in total. The zero-order chi connectivity index (χ0) is 16.3. The Kier molecular flexibility index (Phi) is 11.1. The lowest BCUT2D eigenvalue weighted by Crippen LogP contribution is -2.32. The molecule has 0 aromatic rings. The molecule has 0 saturated carbocycles. The van der Waals surface area contributed by atoms with Gasteiger partial charge in [0.15, 0.2) is 0 Å². The first-order chi connectivity index (χ1) is 9.85. The molecule has 0 bridgehead atoms. The van der Waals surface area contributed by atoms with E-state index in [2.05, 4.69) is 31.1 Å². The van der Waals surface area contributed by atoms with Crippen LogP contribution < -0.4 is 10.6 Å². The van der Waals surface area contributed by atoms with Gasteiger partial charge in [0.05, 0.1) is 12.5 Å². The SMILES string of the molecule is [B]C(=C)NC(C)CCC(C)NCCC(=O)OCC(O)CC. The maximum absolute atomic E-state index is 11.4. The molecule has 2 radical (unpaired) electrons. The standard InChI is InChI=1S/C15H29BN2O3/c1-5-14(19)10-21-15(20)8-9-17-11(2)6-7-12(3)18-13(4)16/h11-12,14,17-19H,4-10H2,1-3H3. The van der Waals surface area contributed by atoms with Crippen LogP contribution in [0.4, 0.5) is 0 Å². The van der Waals surface area contributed by atoms with E-state index in [0.717, 1.165) is 12.8 Å². The summed E-state index contributed by atoms with van der Waals surface area (Å²) in [6.45, 7) is 10.2. The Morgan fingerprint density at radius 1 is 1.33 bits per heavy atom. The molecule has 0 heterocycles. The van der Waals surface area contributed by atoms with E-state index in [-0.39, 0.29) is 18.6 Å². The third-order valence-corrected chi connectivity index (χ3v) is 3.19. The number of carbonyl (C=O) groups is 1. The zero-order valence-electron chi connectivity index (χ0n) is 13.5. The predicted octanol–water partition coefficient (Wildman–Crippen LogP) is 1.07. The highest BCUT2D eigenvalue weighted by atomic mass is 16.5. The summed E-state index contributed by atoms with van der Waals surface area (Å²) < 4.78 is 4.96. The zero-order valence-corrected chi connectivity index (χ0v) is 13.5. The van der Waals surface area contributed by atoms with Crippen molar-refractivity contribution in [3.05, 3.63) is 12.2 Å². The topological polar surface area (TPSA) is 70.6 Å². The fraction of sp³-hybridized carbons (Fsp3) is 0.800. The van der Waals surface area contributed by atoms with Crippen LogP contribution in [0, 0.1) is 0 Å². The highest BCUT2D eigenvalue weighted by Crippen LogP contribution is 2.02. The van der Waals surface area contributed by atoms with Gasteiger partial charge in [-0.25, -0.2) is 0 Å². The first-order valence-corrected chi connectivity index (χ1v) is 7.63. The van der Waals surface area contributed by atoms with Crippen molar-refractivity contribution in [2.24, 2.45) is 0 Å². The van der Waals surface area contributed by atoms with E-state index in [0.29, 0.717) is 31.0 Å². The van der Waals surface area contributed by atoms with Gasteiger partial charge in [0, 0.05) is 18.6 Å². The van der Waals surface area contributed by atoms with Crippen molar-refractivity contribution in [2.45, 2.75) is 64.6 Å². The number of hydrogen-bond donors (Lipinski definition) is 3. The van der Waals surface area contributed by atoms with Gasteiger partial charge >= 0.3 is 5.97 Å². The molecule has 0 spiro atoms. The fourth-order valence-corrected chi connectivity index (χ4v) is 1.79. The molecule has 0 aliphatic carbocycles. The number of rotatable bonds is 12. The van der Waals surface area contributed by atoms with Crippen LogP contribution in [-0.4, -0.2) is 50.3 Å². The van der Waals surface area contributed by atoms with Gasteiger partial charge in [-0.05, 0) is 38.7 Å². The second-order valence-electron chi connectivity index (χ2n) is 5.50. The average Bonchev–Trinajstić information content (AvgIpc) is 2.41. The normalized spacial score (nSPS) is 15.0. The van der Waals surface area contributed by atoms with Crippen molar-refractivity contribution in [1.29, 1.82) is 0 Å². The van der Waals surface area contributed by atoms with Crippen LogP contribution in [0.2, 0.25) is 0 Å².